The maximum atomic E-state index is 11.8. The molecule has 8 nitrogen and oxygen atoms in total. The third-order valence-corrected chi connectivity index (χ3v) is 2.30. The second kappa shape index (κ2) is 7.34. The van der Waals surface area contributed by atoms with Crippen molar-refractivity contribution in [2.24, 2.45) is 5.92 Å². The molecule has 8 heteroatoms. The van der Waals surface area contributed by atoms with Crippen LogP contribution in [0.1, 0.15) is 27.2 Å². The lowest BCUT2D eigenvalue weighted by atomic mass is 10.0. The van der Waals surface area contributed by atoms with Crippen molar-refractivity contribution < 1.29 is 29.4 Å². The molecule has 0 saturated carbocycles. The molecule has 0 aromatic rings. The molecule has 0 aromatic carbocycles. The van der Waals surface area contributed by atoms with Crippen LogP contribution in [0.5, 0.6) is 0 Å². The highest BCUT2D eigenvalue weighted by Gasteiger charge is 2.29. The Morgan fingerprint density at radius 1 is 1.05 bits per heavy atom. The number of carbonyl (C=O) groups is 4. The van der Waals surface area contributed by atoms with Gasteiger partial charge in [0.15, 0.2) is 0 Å². The first-order valence-corrected chi connectivity index (χ1v) is 5.67. The summed E-state index contributed by atoms with van der Waals surface area (Å²) in [4.78, 5) is 44.1. The van der Waals surface area contributed by atoms with Gasteiger partial charge in [0.1, 0.15) is 12.1 Å². The van der Waals surface area contributed by atoms with E-state index in [9.17, 15) is 19.2 Å². The Kier molecular flexibility index (Phi) is 6.53. The summed E-state index contributed by atoms with van der Waals surface area (Å²) in [6.07, 6.45) is -0.730. The van der Waals surface area contributed by atoms with E-state index in [1.54, 1.807) is 13.8 Å². The van der Waals surface area contributed by atoms with Gasteiger partial charge in [-0.2, -0.15) is 0 Å². The summed E-state index contributed by atoms with van der Waals surface area (Å²) in [5.41, 5.74) is 0. The first-order valence-electron chi connectivity index (χ1n) is 5.67. The summed E-state index contributed by atoms with van der Waals surface area (Å²) in [6.45, 7) is 4.58. The number of rotatable bonds is 7. The maximum Gasteiger partial charge on any atom is 0.326 e. The lowest BCUT2D eigenvalue weighted by molar-refractivity contribution is -0.147. The molecular formula is C11H18N2O6. The Morgan fingerprint density at radius 3 is 1.89 bits per heavy atom. The molecule has 0 aliphatic rings. The van der Waals surface area contributed by atoms with E-state index >= 15 is 0 Å². The predicted molar refractivity (Wildman–Crippen MR) is 64.3 cm³/mol. The van der Waals surface area contributed by atoms with Crippen molar-refractivity contribution in [2.45, 2.75) is 39.3 Å². The number of hydrogen-bond acceptors (Lipinski definition) is 4. The Bertz CT molecular complexity index is 379. The van der Waals surface area contributed by atoms with E-state index in [2.05, 4.69) is 10.6 Å². The maximum absolute atomic E-state index is 11.8. The van der Waals surface area contributed by atoms with Gasteiger partial charge in [0.05, 0.1) is 6.42 Å². The fourth-order valence-corrected chi connectivity index (χ4v) is 1.39. The summed E-state index contributed by atoms with van der Waals surface area (Å²) in [7, 11) is 0. The third-order valence-electron chi connectivity index (χ3n) is 2.30. The van der Waals surface area contributed by atoms with Crippen LogP contribution in [0.2, 0.25) is 0 Å². The quantitative estimate of drug-likeness (QED) is 0.480. The molecule has 1 unspecified atom stereocenters. The topological polar surface area (TPSA) is 133 Å². The molecule has 0 aliphatic carbocycles. The molecule has 0 radical (unpaired) electrons. The molecule has 19 heavy (non-hydrogen) atoms. The van der Waals surface area contributed by atoms with Crippen LogP contribution in [-0.4, -0.2) is 46.0 Å². The van der Waals surface area contributed by atoms with Crippen molar-refractivity contribution >= 4 is 23.8 Å². The highest BCUT2D eigenvalue weighted by molar-refractivity contribution is 5.91. The highest BCUT2D eigenvalue weighted by Crippen LogP contribution is 2.03. The van der Waals surface area contributed by atoms with E-state index in [0.717, 1.165) is 0 Å². The molecule has 0 saturated heterocycles. The number of hydrogen-bond donors (Lipinski definition) is 4. The molecule has 108 valence electrons. The van der Waals surface area contributed by atoms with Crippen LogP contribution in [0, 0.1) is 5.92 Å². The molecule has 2 atom stereocenters. The summed E-state index contributed by atoms with van der Waals surface area (Å²) >= 11 is 0. The Balaban J connectivity index is 4.80. The Morgan fingerprint density at radius 2 is 1.58 bits per heavy atom. The van der Waals surface area contributed by atoms with Gasteiger partial charge in [-0.15, -0.1) is 0 Å². The minimum atomic E-state index is -1.53. The van der Waals surface area contributed by atoms with Gasteiger partial charge in [0.2, 0.25) is 11.8 Å². The molecule has 0 fully saturated rings. The van der Waals surface area contributed by atoms with Crippen LogP contribution in [0.4, 0.5) is 0 Å². The normalized spacial score (nSPS) is 13.5. The lowest BCUT2D eigenvalue weighted by Gasteiger charge is -2.22. The molecule has 0 aliphatic heterocycles. The smallest absolute Gasteiger partial charge is 0.326 e. The lowest BCUT2D eigenvalue weighted by Crippen LogP contribution is -2.53. The van der Waals surface area contributed by atoms with Gasteiger partial charge in [-0.05, 0) is 5.92 Å². The van der Waals surface area contributed by atoms with E-state index in [4.69, 9.17) is 10.2 Å². The fourth-order valence-electron chi connectivity index (χ4n) is 1.39. The standard InChI is InChI=1S/C11H18N2O6/c1-5(2)9(12-6(3)14)10(17)13-7(11(18)19)4-8(15)16/h5,7,9H,4H2,1-3H3,(H,12,14)(H,13,17)(H,15,16)(H,18,19)/t7-,9?/m0/s1. The number of nitrogens with one attached hydrogen (secondary N) is 2. The Hall–Kier alpha value is -2.12. The van der Waals surface area contributed by atoms with E-state index in [1.165, 1.54) is 6.92 Å². The van der Waals surface area contributed by atoms with Crippen molar-refractivity contribution in [3.63, 3.8) is 0 Å². The molecule has 0 heterocycles. The third kappa shape index (κ3) is 6.39. The molecule has 0 spiro atoms. The highest BCUT2D eigenvalue weighted by atomic mass is 16.4. The van der Waals surface area contributed by atoms with Crippen LogP contribution >= 0.6 is 0 Å². The molecule has 4 N–H and O–H groups in total. The van der Waals surface area contributed by atoms with Crippen molar-refractivity contribution in [1.82, 2.24) is 10.6 Å². The van der Waals surface area contributed by atoms with E-state index in [-0.39, 0.29) is 5.92 Å². The molecular weight excluding hydrogens is 256 g/mol. The monoisotopic (exact) mass is 274 g/mol. The van der Waals surface area contributed by atoms with Crippen molar-refractivity contribution in [2.75, 3.05) is 0 Å². The van der Waals surface area contributed by atoms with Gasteiger partial charge in [-0.25, -0.2) is 4.79 Å². The van der Waals surface area contributed by atoms with Crippen LogP contribution in [0.25, 0.3) is 0 Å². The molecule has 0 aromatic heterocycles. The second-order valence-electron chi connectivity index (χ2n) is 4.42. The van der Waals surface area contributed by atoms with Gasteiger partial charge in [-0.3, -0.25) is 14.4 Å². The first-order chi connectivity index (χ1) is 8.65. The summed E-state index contributed by atoms with van der Waals surface area (Å²) in [6, 6.07) is -2.44. The summed E-state index contributed by atoms with van der Waals surface area (Å²) in [5.74, 6) is -4.20. The fraction of sp³-hybridized carbons (Fsp3) is 0.636. The van der Waals surface area contributed by atoms with Gasteiger partial charge in [-0.1, -0.05) is 13.8 Å². The average Bonchev–Trinajstić information content (AvgIpc) is 2.23. The van der Waals surface area contributed by atoms with Crippen molar-refractivity contribution in [3.05, 3.63) is 0 Å². The van der Waals surface area contributed by atoms with Gasteiger partial charge in [0.25, 0.3) is 0 Å². The minimum Gasteiger partial charge on any atom is -0.481 e. The largest absolute Gasteiger partial charge is 0.481 e. The van der Waals surface area contributed by atoms with Crippen LogP contribution in [0.3, 0.4) is 0 Å². The number of carboxylic acid groups (broad SMARTS) is 2. The van der Waals surface area contributed by atoms with E-state index in [1.807, 2.05) is 0 Å². The van der Waals surface area contributed by atoms with Crippen LogP contribution in [0.15, 0.2) is 0 Å². The zero-order valence-corrected chi connectivity index (χ0v) is 11.0. The number of carboxylic acids is 2. The van der Waals surface area contributed by atoms with E-state index < -0.39 is 42.3 Å². The number of amides is 2. The Labute approximate surface area is 110 Å². The average molecular weight is 274 g/mol. The van der Waals surface area contributed by atoms with Crippen LogP contribution in [-0.2, 0) is 19.2 Å². The molecule has 0 bridgehead atoms. The molecule has 2 amide bonds. The zero-order chi connectivity index (χ0) is 15.2. The predicted octanol–water partition coefficient (Wildman–Crippen LogP) is -0.809. The first kappa shape index (κ1) is 16.9. The SMILES string of the molecule is CC(=O)NC(C(=O)N[C@@H](CC(=O)O)C(=O)O)C(C)C. The summed E-state index contributed by atoms with van der Waals surface area (Å²) in [5, 5.41) is 21.8. The molecule has 0 rings (SSSR count). The van der Waals surface area contributed by atoms with Crippen LogP contribution < -0.4 is 10.6 Å². The van der Waals surface area contributed by atoms with Crippen molar-refractivity contribution in [3.8, 4) is 0 Å². The van der Waals surface area contributed by atoms with E-state index in [0.29, 0.717) is 0 Å². The summed E-state index contributed by atoms with van der Waals surface area (Å²) < 4.78 is 0. The van der Waals surface area contributed by atoms with Gasteiger partial charge in [0, 0.05) is 6.92 Å². The second-order valence-corrected chi connectivity index (χ2v) is 4.42. The van der Waals surface area contributed by atoms with Crippen molar-refractivity contribution in [1.29, 1.82) is 0 Å². The van der Waals surface area contributed by atoms with Gasteiger partial charge < -0.3 is 20.8 Å². The number of carbonyl (C=O) groups excluding carboxylic acids is 2. The van der Waals surface area contributed by atoms with Gasteiger partial charge >= 0.3 is 11.9 Å². The number of aliphatic carboxylic acids is 2. The zero-order valence-electron chi connectivity index (χ0n) is 11.0. The minimum absolute atomic E-state index is 0.261.